The van der Waals surface area contributed by atoms with Crippen molar-refractivity contribution in [1.29, 1.82) is 0 Å². The fraction of sp³-hybridized carbons (Fsp3) is 0.733. The summed E-state index contributed by atoms with van der Waals surface area (Å²) >= 11 is 0. The summed E-state index contributed by atoms with van der Waals surface area (Å²) in [6.45, 7) is 11.4. The Labute approximate surface area is 123 Å². The van der Waals surface area contributed by atoms with E-state index < -0.39 is 26.8 Å². The molecule has 4 nitrogen and oxygen atoms in total. The Bertz CT molecular complexity index is 378. The normalized spacial score (nSPS) is 27.4. The highest BCUT2D eigenvalue weighted by molar-refractivity contribution is 6.74. The monoisotopic (exact) mass is 298 g/mol. The molecule has 1 aliphatic heterocycles. The number of ether oxygens (including phenoxy) is 2. The molecule has 0 aromatic heterocycles. The highest BCUT2D eigenvalue weighted by Crippen LogP contribution is 2.36. The molecule has 1 N–H and O–H groups in total. The Hall–Kier alpha value is -0.643. The second-order valence-electron chi connectivity index (χ2n) is 6.50. The van der Waals surface area contributed by atoms with E-state index in [-0.39, 0.29) is 11.6 Å². The van der Waals surface area contributed by atoms with Crippen molar-refractivity contribution in [2.24, 2.45) is 0 Å². The van der Waals surface area contributed by atoms with Gasteiger partial charge < -0.3 is 19.0 Å². The number of aliphatic hydroxyl groups excluding tert-OH is 1. The SMILES string of the molecule is C#CCO[C@@H]1C=C[C@H](O)[C@@H](CO[Si](C)(C)C(C)(C)C)O1. The van der Waals surface area contributed by atoms with Crippen LogP contribution < -0.4 is 0 Å². The average molecular weight is 298 g/mol. The minimum atomic E-state index is -1.85. The van der Waals surface area contributed by atoms with Gasteiger partial charge in [0.05, 0.1) is 6.61 Å². The summed E-state index contributed by atoms with van der Waals surface area (Å²) in [7, 11) is -1.85. The molecule has 0 aromatic carbocycles. The standard InChI is InChI=1S/C15H26O4Si/c1-7-10-17-14-9-8-12(16)13(19-14)11-18-20(5,6)15(2,3)4/h1,8-9,12-14,16H,10-11H2,2-6H3/t12-,13+,14-/m0/s1. The van der Waals surface area contributed by atoms with Gasteiger partial charge in [0.2, 0.25) is 0 Å². The second kappa shape index (κ2) is 6.88. The van der Waals surface area contributed by atoms with Crippen LogP contribution in [0.25, 0.3) is 0 Å². The molecule has 0 unspecified atom stereocenters. The van der Waals surface area contributed by atoms with Crippen molar-refractivity contribution in [2.75, 3.05) is 13.2 Å². The predicted molar refractivity (Wildman–Crippen MR) is 81.7 cm³/mol. The van der Waals surface area contributed by atoms with Crippen LogP contribution in [-0.2, 0) is 13.9 Å². The zero-order valence-electron chi connectivity index (χ0n) is 13.1. The second-order valence-corrected chi connectivity index (χ2v) is 11.3. The van der Waals surface area contributed by atoms with Gasteiger partial charge in [0.25, 0.3) is 0 Å². The van der Waals surface area contributed by atoms with Crippen LogP contribution in [0, 0.1) is 12.3 Å². The Kier molecular flexibility index (Phi) is 5.99. The lowest BCUT2D eigenvalue weighted by Gasteiger charge is -2.38. The molecule has 1 aliphatic rings. The third kappa shape index (κ3) is 4.72. The van der Waals surface area contributed by atoms with E-state index in [1.807, 2.05) is 0 Å². The first-order valence-corrected chi connectivity index (χ1v) is 9.79. The summed E-state index contributed by atoms with van der Waals surface area (Å²) in [5.41, 5.74) is 0. The Morgan fingerprint density at radius 1 is 1.35 bits per heavy atom. The Morgan fingerprint density at radius 2 is 2.00 bits per heavy atom. The van der Waals surface area contributed by atoms with E-state index in [0.717, 1.165) is 0 Å². The molecule has 114 valence electrons. The summed E-state index contributed by atoms with van der Waals surface area (Å²) in [4.78, 5) is 0. The molecular weight excluding hydrogens is 272 g/mol. The zero-order valence-corrected chi connectivity index (χ0v) is 14.1. The van der Waals surface area contributed by atoms with Gasteiger partial charge in [-0.2, -0.15) is 0 Å². The van der Waals surface area contributed by atoms with Crippen molar-refractivity contribution < 1.29 is 19.0 Å². The van der Waals surface area contributed by atoms with E-state index in [2.05, 4.69) is 39.8 Å². The fourth-order valence-corrected chi connectivity index (χ4v) is 2.51. The third-order valence-corrected chi connectivity index (χ3v) is 8.40. The Balaban J connectivity index is 2.55. The summed E-state index contributed by atoms with van der Waals surface area (Å²) in [6.07, 6.45) is 6.88. The maximum atomic E-state index is 9.94. The summed E-state index contributed by atoms with van der Waals surface area (Å²) in [5.74, 6) is 2.39. The molecule has 0 aliphatic carbocycles. The van der Waals surface area contributed by atoms with Crippen molar-refractivity contribution in [3.8, 4) is 12.3 Å². The van der Waals surface area contributed by atoms with E-state index in [1.165, 1.54) is 0 Å². The molecule has 20 heavy (non-hydrogen) atoms. The van der Waals surface area contributed by atoms with E-state index >= 15 is 0 Å². The molecule has 0 saturated heterocycles. The number of hydrogen-bond donors (Lipinski definition) is 1. The number of rotatable bonds is 5. The van der Waals surface area contributed by atoms with Crippen molar-refractivity contribution in [2.45, 2.75) is 57.4 Å². The van der Waals surface area contributed by atoms with Crippen molar-refractivity contribution in [1.82, 2.24) is 0 Å². The lowest BCUT2D eigenvalue weighted by molar-refractivity contribution is -0.173. The highest BCUT2D eigenvalue weighted by atomic mass is 28.4. The summed E-state index contributed by atoms with van der Waals surface area (Å²) in [6, 6.07) is 0. The number of hydrogen-bond acceptors (Lipinski definition) is 4. The quantitative estimate of drug-likeness (QED) is 0.481. The zero-order chi connectivity index (χ0) is 15.4. The molecule has 0 bridgehead atoms. The summed E-state index contributed by atoms with van der Waals surface area (Å²) < 4.78 is 17.0. The van der Waals surface area contributed by atoms with Gasteiger partial charge in [-0.1, -0.05) is 32.8 Å². The number of aliphatic hydroxyl groups is 1. The van der Waals surface area contributed by atoms with Gasteiger partial charge in [-0.15, -0.1) is 6.42 Å². The lowest BCUT2D eigenvalue weighted by Crippen LogP contribution is -2.46. The van der Waals surface area contributed by atoms with Crippen LogP contribution in [-0.4, -0.2) is 45.1 Å². The van der Waals surface area contributed by atoms with Gasteiger partial charge in [-0.05, 0) is 24.2 Å². The first kappa shape index (κ1) is 17.4. The van der Waals surface area contributed by atoms with Crippen molar-refractivity contribution >= 4 is 8.32 Å². The molecule has 0 amide bonds. The van der Waals surface area contributed by atoms with Crippen LogP contribution in [0.4, 0.5) is 0 Å². The maximum absolute atomic E-state index is 9.94. The minimum Gasteiger partial charge on any atom is -0.414 e. The molecule has 0 spiro atoms. The topological polar surface area (TPSA) is 47.9 Å². The molecule has 0 fully saturated rings. The van der Waals surface area contributed by atoms with E-state index in [9.17, 15) is 5.11 Å². The van der Waals surface area contributed by atoms with Gasteiger partial charge in [-0.3, -0.25) is 0 Å². The smallest absolute Gasteiger partial charge is 0.192 e. The predicted octanol–water partition coefficient (Wildman–Crippen LogP) is 2.30. The van der Waals surface area contributed by atoms with E-state index in [1.54, 1.807) is 12.2 Å². The van der Waals surface area contributed by atoms with Gasteiger partial charge in [0.15, 0.2) is 14.6 Å². The number of terminal acetylenes is 1. The molecule has 1 heterocycles. The van der Waals surface area contributed by atoms with Crippen LogP contribution in [0.3, 0.4) is 0 Å². The molecule has 0 saturated carbocycles. The van der Waals surface area contributed by atoms with Crippen LogP contribution >= 0.6 is 0 Å². The first-order chi connectivity index (χ1) is 9.17. The minimum absolute atomic E-state index is 0.127. The first-order valence-electron chi connectivity index (χ1n) is 6.88. The van der Waals surface area contributed by atoms with Gasteiger partial charge >= 0.3 is 0 Å². The van der Waals surface area contributed by atoms with Crippen LogP contribution in [0.15, 0.2) is 12.2 Å². The lowest BCUT2D eigenvalue weighted by atomic mass is 10.1. The van der Waals surface area contributed by atoms with Crippen molar-refractivity contribution in [3.05, 3.63) is 12.2 Å². The molecule has 0 aromatic rings. The third-order valence-electron chi connectivity index (χ3n) is 3.90. The highest BCUT2D eigenvalue weighted by Gasteiger charge is 2.38. The molecule has 0 radical (unpaired) electrons. The van der Waals surface area contributed by atoms with E-state index in [0.29, 0.717) is 6.61 Å². The van der Waals surface area contributed by atoms with Crippen LogP contribution in [0.5, 0.6) is 0 Å². The van der Waals surface area contributed by atoms with Gasteiger partial charge in [-0.25, -0.2) is 0 Å². The van der Waals surface area contributed by atoms with Crippen LogP contribution in [0.2, 0.25) is 18.1 Å². The average Bonchev–Trinajstić information content (AvgIpc) is 2.35. The Morgan fingerprint density at radius 3 is 2.55 bits per heavy atom. The molecular formula is C15H26O4Si. The van der Waals surface area contributed by atoms with Crippen LogP contribution in [0.1, 0.15) is 20.8 Å². The van der Waals surface area contributed by atoms with Gasteiger partial charge in [0, 0.05) is 0 Å². The molecule has 1 rings (SSSR count). The van der Waals surface area contributed by atoms with Crippen molar-refractivity contribution in [3.63, 3.8) is 0 Å². The summed E-state index contributed by atoms with van der Waals surface area (Å²) in [5, 5.41) is 10.1. The largest absolute Gasteiger partial charge is 0.414 e. The molecule has 5 heteroatoms. The fourth-order valence-electron chi connectivity index (χ4n) is 1.50. The van der Waals surface area contributed by atoms with E-state index in [4.69, 9.17) is 20.3 Å². The molecule has 3 atom stereocenters. The maximum Gasteiger partial charge on any atom is 0.192 e. The van der Waals surface area contributed by atoms with Gasteiger partial charge in [0.1, 0.15) is 18.8 Å².